The monoisotopic (exact) mass is 639 g/mol. The van der Waals surface area contributed by atoms with Gasteiger partial charge in [0, 0.05) is 28.2 Å². The third-order valence-corrected chi connectivity index (χ3v) is 9.52. The number of fused-ring (bicyclic) bond motifs is 5. The number of nitrogens with zero attached hydrogens (tertiary/aromatic N) is 1. The highest BCUT2D eigenvalue weighted by atomic mass is 16.5. The van der Waals surface area contributed by atoms with E-state index in [1.165, 1.54) is 33.4 Å². The molecule has 0 N–H and O–H groups in total. The molecule has 0 aromatic heterocycles. The van der Waals surface area contributed by atoms with Crippen LogP contribution in [0, 0.1) is 0 Å². The molecule has 0 saturated carbocycles. The second kappa shape index (κ2) is 12.8. The molecule has 0 radical (unpaired) electrons. The molecule has 9 rings (SSSR count). The van der Waals surface area contributed by atoms with Gasteiger partial charge in [-0.25, -0.2) is 0 Å². The fraction of sp³-hybridized carbons (Fsp3) is 0. The molecule has 236 valence electrons. The number of para-hydroxylation sites is 1. The van der Waals surface area contributed by atoms with Crippen molar-refractivity contribution in [2.45, 2.75) is 0 Å². The average Bonchev–Trinajstić information content (AvgIpc) is 3.34. The van der Waals surface area contributed by atoms with Crippen LogP contribution in [-0.2, 0) is 0 Å². The van der Waals surface area contributed by atoms with Crippen LogP contribution in [0.2, 0.25) is 0 Å². The number of benzene rings is 8. The Labute approximate surface area is 293 Å². The van der Waals surface area contributed by atoms with Gasteiger partial charge in [-0.2, -0.15) is 0 Å². The maximum absolute atomic E-state index is 6.49. The van der Waals surface area contributed by atoms with Gasteiger partial charge in [0.05, 0.1) is 0 Å². The second-order valence-corrected chi connectivity index (χ2v) is 12.6. The predicted octanol–water partition coefficient (Wildman–Crippen LogP) is 13.6. The Morgan fingerprint density at radius 2 is 0.620 bits per heavy atom. The zero-order valence-electron chi connectivity index (χ0n) is 27.4. The number of rotatable bonds is 6. The van der Waals surface area contributed by atoms with Gasteiger partial charge in [-0.1, -0.05) is 146 Å². The standard InChI is InChI=1S/C48H33NO/c1-3-11-34(12-4-1)36-19-26-40(27-20-36)49(41-28-21-37(22-29-41)35-13-5-2-6-14-35)42-30-23-38(24-31-42)39-25-32-48-46(33-39)44-16-8-7-15-43(44)45-17-9-10-18-47(45)50-48/h1-33H. The molecular weight excluding hydrogens is 607 g/mol. The van der Waals surface area contributed by atoms with Gasteiger partial charge >= 0.3 is 0 Å². The number of hydrogen-bond acceptors (Lipinski definition) is 2. The van der Waals surface area contributed by atoms with Crippen molar-refractivity contribution in [3.05, 3.63) is 200 Å². The second-order valence-electron chi connectivity index (χ2n) is 12.6. The lowest BCUT2D eigenvalue weighted by Gasteiger charge is -2.26. The van der Waals surface area contributed by atoms with E-state index in [1.807, 2.05) is 12.1 Å². The third-order valence-electron chi connectivity index (χ3n) is 9.52. The van der Waals surface area contributed by atoms with Gasteiger partial charge in [-0.15, -0.1) is 0 Å². The zero-order chi connectivity index (χ0) is 33.3. The average molecular weight is 640 g/mol. The van der Waals surface area contributed by atoms with Gasteiger partial charge < -0.3 is 9.64 Å². The van der Waals surface area contributed by atoms with E-state index >= 15 is 0 Å². The minimum atomic E-state index is 0.867. The summed E-state index contributed by atoms with van der Waals surface area (Å²) in [6.45, 7) is 0. The smallest absolute Gasteiger partial charge is 0.135 e. The fourth-order valence-electron chi connectivity index (χ4n) is 6.98. The Balaban J connectivity index is 1.09. The van der Waals surface area contributed by atoms with Gasteiger partial charge in [0.1, 0.15) is 11.5 Å². The van der Waals surface area contributed by atoms with Gasteiger partial charge in [0.25, 0.3) is 0 Å². The summed E-state index contributed by atoms with van der Waals surface area (Å²) >= 11 is 0. The first-order chi connectivity index (χ1) is 24.8. The molecule has 50 heavy (non-hydrogen) atoms. The van der Waals surface area contributed by atoms with Crippen molar-refractivity contribution >= 4 is 17.1 Å². The van der Waals surface area contributed by atoms with Gasteiger partial charge in [0.15, 0.2) is 0 Å². The van der Waals surface area contributed by atoms with Crippen molar-refractivity contribution in [2.75, 3.05) is 4.90 Å². The highest BCUT2D eigenvalue weighted by molar-refractivity contribution is 5.92. The molecule has 1 aliphatic heterocycles. The Kier molecular flexibility index (Phi) is 7.53. The van der Waals surface area contributed by atoms with Gasteiger partial charge in [-0.05, 0) is 99.1 Å². The summed E-state index contributed by atoms with van der Waals surface area (Å²) in [6, 6.07) is 71.0. The van der Waals surface area contributed by atoms with Crippen molar-refractivity contribution in [1.29, 1.82) is 0 Å². The van der Waals surface area contributed by atoms with Crippen LogP contribution in [0.25, 0.3) is 55.6 Å². The van der Waals surface area contributed by atoms with Crippen molar-refractivity contribution < 1.29 is 4.74 Å². The zero-order valence-corrected chi connectivity index (χ0v) is 27.4. The van der Waals surface area contributed by atoms with E-state index < -0.39 is 0 Å². The molecule has 0 unspecified atom stereocenters. The van der Waals surface area contributed by atoms with Crippen LogP contribution in [0.1, 0.15) is 0 Å². The SMILES string of the molecule is c1ccc(-c2ccc(N(c3ccc(-c4ccccc4)cc3)c3ccc(-c4ccc5c(c4)-c4ccccc4-c4ccccc4O5)cc3)cc2)cc1. The lowest BCUT2D eigenvalue weighted by Crippen LogP contribution is -2.09. The molecule has 8 aromatic rings. The van der Waals surface area contributed by atoms with E-state index in [9.17, 15) is 0 Å². The molecule has 2 nitrogen and oxygen atoms in total. The fourth-order valence-corrected chi connectivity index (χ4v) is 6.98. The summed E-state index contributed by atoms with van der Waals surface area (Å²) in [4.78, 5) is 2.33. The number of ether oxygens (including phenoxy) is 1. The molecule has 8 aromatic carbocycles. The molecule has 0 amide bonds. The normalized spacial score (nSPS) is 11.4. The van der Waals surface area contributed by atoms with E-state index in [0.717, 1.165) is 50.8 Å². The predicted molar refractivity (Wildman–Crippen MR) is 208 cm³/mol. The van der Waals surface area contributed by atoms with Crippen molar-refractivity contribution in [1.82, 2.24) is 0 Å². The van der Waals surface area contributed by atoms with Crippen LogP contribution in [0.15, 0.2) is 200 Å². The quantitative estimate of drug-likeness (QED) is 0.179. The first-order valence-corrected chi connectivity index (χ1v) is 17.0. The minimum Gasteiger partial charge on any atom is -0.456 e. The Hall–Kier alpha value is -6.64. The number of anilines is 3. The summed E-state index contributed by atoms with van der Waals surface area (Å²) in [5.74, 6) is 1.75. The first-order valence-electron chi connectivity index (χ1n) is 17.0. The summed E-state index contributed by atoms with van der Waals surface area (Å²) in [5.41, 5.74) is 15.0. The largest absolute Gasteiger partial charge is 0.456 e. The van der Waals surface area contributed by atoms with E-state index in [4.69, 9.17) is 4.74 Å². The van der Waals surface area contributed by atoms with Crippen LogP contribution < -0.4 is 9.64 Å². The molecule has 0 spiro atoms. The summed E-state index contributed by atoms with van der Waals surface area (Å²) in [6.07, 6.45) is 0. The molecule has 1 aliphatic rings. The minimum absolute atomic E-state index is 0.867. The summed E-state index contributed by atoms with van der Waals surface area (Å²) in [5, 5.41) is 0. The van der Waals surface area contributed by atoms with Crippen LogP contribution in [-0.4, -0.2) is 0 Å². The van der Waals surface area contributed by atoms with Crippen LogP contribution in [0.3, 0.4) is 0 Å². The van der Waals surface area contributed by atoms with E-state index in [0.29, 0.717) is 0 Å². The summed E-state index contributed by atoms with van der Waals surface area (Å²) < 4.78 is 6.49. The molecule has 0 saturated heterocycles. The Morgan fingerprint density at radius 3 is 1.14 bits per heavy atom. The van der Waals surface area contributed by atoms with Crippen LogP contribution in [0.4, 0.5) is 17.1 Å². The van der Waals surface area contributed by atoms with Crippen LogP contribution in [0.5, 0.6) is 11.5 Å². The van der Waals surface area contributed by atoms with E-state index in [-0.39, 0.29) is 0 Å². The molecule has 0 bridgehead atoms. The highest BCUT2D eigenvalue weighted by Crippen LogP contribution is 2.47. The van der Waals surface area contributed by atoms with Crippen molar-refractivity contribution in [3.8, 4) is 67.1 Å². The molecule has 2 heteroatoms. The Bertz CT molecular complexity index is 2330. The Morgan fingerprint density at radius 1 is 0.260 bits per heavy atom. The first kappa shape index (κ1) is 29.5. The lowest BCUT2D eigenvalue weighted by molar-refractivity contribution is 0.488. The highest BCUT2D eigenvalue weighted by Gasteiger charge is 2.21. The third kappa shape index (κ3) is 5.53. The van der Waals surface area contributed by atoms with Crippen molar-refractivity contribution in [2.24, 2.45) is 0 Å². The van der Waals surface area contributed by atoms with Gasteiger partial charge in [0.2, 0.25) is 0 Å². The molecular formula is C48H33NO. The lowest BCUT2D eigenvalue weighted by atomic mass is 9.92. The topological polar surface area (TPSA) is 12.5 Å². The van der Waals surface area contributed by atoms with Crippen molar-refractivity contribution in [3.63, 3.8) is 0 Å². The summed E-state index contributed by atoms with van der Waals surface area (Å²) in [7, 11) is 0. The molecule has 1 heterocycles. The number of hydrogen-bond donors (Lipinski definition) is 0. The van der Waals surface area contributed by atoms with Crippen LogP contribution >= 0.6 is 0 Å². The molecule has 0 aliphatic carbocycles. The van der Waals surface area contributed by atoms with E-state index in [1.54, 1.807) is 0 Å². The van der Waals surface area contributed by atoms with E-state index in [2.05, 4.69) is 193 Å². The molecule has 0 fully saturated rings. The maximum Gasteiger partial charge on any atom is 0.135 e. The molecule has 0 atom stereocenters. The maximum atomic E-state index is 6.49. The van der Waals surface area contributed by atoms with Gasteiger partial charge in [-0.3, -0.25) is 0 Å².